The largest absolute Gasteiger partial charge is 0.378 e. The molecular weight excluding hydrogens is 277 g/mol. The van der Waals surface area contributed by atoms with Crippen molar-refractivity contribution in [2.24, 2.45) is 0 Å². The van der Waals surface area contributed by atoms with Crippen molar-refractivity contribution < 1.29 is 0 Å². The van der Waals surface area contributed by atoms with E-state index in [1.807, 2.05) is 12.1 Å². The standard InChI is InChI=1S/C16H15Cl2N/c1-9-3-4-11(5-10(9)2)15-8-13-14(18)6-12(17)7-16(13)19-15/h3-7,15,19H,8H2,1-2H3. The number of rotatable bonds is 1. The van der Waals surface area contributed by atoms with E-state index in [1.54, 1.807) is 0 Å². The van der Waals surface area contributed by atoms with Gasteiger partial charge in [-0.1, -0.05) is 41.4 Å². The number of hydrogen-bond donors (Lipinski definition) is 1. The molecule has 1 N–H and O–H groups in total. The van der Waals surface area contributed by atoms with E-state index in [0.29, 0.717) is 5.02 Å². The Morgan fingerprint density at radius 2 is 1.84 bits per heavy atom. The number of halogens is 2. The van der Waals surface area contributed by atoms with E-state index in [9.17, 15) is 0 Å². The average molecular weight is 292 g/mol. The first kappa shape index (κ1) is 12.8. The summed E-state index contributed by atoms with van der Waals surface area (Å²) in [5.74, 6) is 0. The van der Waals surface area contributed by atoms with Crippen molar-refractivity contribution in [3.8, 4) is 0 Å². The monoisotopic (exact) mass is 291 g/mol. The van der Waals surface area contributed by atoms with Crippen LogP contribution < -0.4 is 5.32 Å². The topological polar surface area (TPSA) is 12.0 Å². The highest BCUT2D eigenvalue weighted by atomic mass is 35.5. The molecule has 2 aromatic carbocycles. The Balaban J connectivity index is 1.95. The van der Waals surface area contributed by atoms with E-state index in [4.69, 9.17) is 23.2 Å². The first-order valence-electron chi connectivity index (χ1n) is 6.36. The molecule has 1 aliphatic rings. The fraction of sp³-hybridized carbons (Fsp3) is 0.250. The molecule has 0 fully saturated rings. The molecule has 0 spiro atoms. The van der Waals surface area contributed by atoms with Crippen LogP contribution in [0.15, 0.2) is 30.3 Å². The maximum Gasteiger partial charge on any atom is 0.0555 e. The van der Waals surface area contributed by atoms with Crippen LogP contribution in [0.4, 0.5) is 5.69 Å². The Morgan fingerprint density at radius 3 is 2.58 bits per heavy atom. The quantitative estimate of drug-likeness (QED) is 0.750. The number of fused-ring (bicyclic) bond motifs is 1. The molecule has 1 nitrogen and oxygen atoms in total. The first-order valence-corrected chi connectivity index (χ1v) is 7.12. The van der Waals surface area contributed by atoms with Gasteiger partial charge >= 0.3 is 0 Å². The number of hydrogen-bond acceptors (Lipinski definition) is 1. The van der Waals surface area contributed by atoms with E-state index in [1.165, 1.54) is 16.7 Å². The Morgan fingerprint density at radius 1 is 1.05 bits per heavy atom. The van der Waals surface area contributed by atoms with Gasteiger partial charge in [0.15, 0.2) is 0 Å². The molecule has 1 aliphatic heterocycles. The van der Waals surface area contributed by atoms with Gasteiger partial charge in [0, 0.05) is 22.2 Å². The van der Waals surface area contributed by atoms with Crippen LogP contribution >= 0.6 is 23.2 Å². The molecule has 0 bridgehead atoms. The summed E-state index contributed by atoms with van der Waals surface area (Å²) in [5, 5.41) is 4.94. The zero-order chi connectivity index (χ0) is 13.6. The lowest BCUT2D eigenvalue weighted by atomic mass is 9.99. The SMILES string of the molecule is Cc1ccc(C2Cc3c(Cl)cc(Cl)cc3N2)cc1C. The van der Waals surface area contributed by atoms with Crippen molar-refractivity contribution in [1.29, 1.82) is 0 Å². The minimum atomic E-state index is 0.283. The highest BCUT2D eigenvalue weighted by Crippen LogP contribution is 2.40. The predicted molar refractivity (Wildman–Crippen MR) is 82.4 cm³/mol. The zero-order valence-corrected chi connectivity index (χ0v) is 12.4. The van der Waals surface area contributed by atoms with E-state index in [2.05, 4.69) is 37.4 Å². The van der Waals surface area contributed by atoms with Gasteiger partial charge in [0.05, 0.1) is 6.04 Å². The summed E-state index contributed by atoms with van der Waals surface area (Å²) in [6.07, 6.45) is 0.911. The summed E-state index contributed by atoms with van der Waals surface area (Å²) >= 11 is 12.3. The summed E-state index contributed by atoms with van der Waals surface area (Å²) in [6, 6.07) is 10.6. The Labute approximate surface area is 123 Å². The Kier molecular flexibility index (Phi) is 3.20. The van der Waals surface area contributed by atoms with Gasteiger partial charge in [0.1, 0.15) is 0 Å². The van der Waals surface area contributed by atoms with Crippen LogP contribution in [0.5, 0.6) is 0 Å². The van der Waals surface area contributed by atoms with E-state index < -0.39 is 0 Å². The molecule has 1 heterocycles. The van der Waals surface area contributed by atoms with Crippen molar-refractivity contribution in [2.75, 3.05) is 5.32 Å². The van der Waals surface area contributed by atoms with Crippen LogP contribution in [0.2, 0.25) is 10.0 Å². The maximum atomic E-state index is 6.26. The third-order valence-corrected chi connectivity index (χ3v) is 4.39. The summed E-state index contributed by atoms with van der Waals surface area (Å²) in [7, 11) is 0. The smallest absolute Gasteiger partial charge is 0.0555 e. The fourth-order valence-corrected chi connectivity index (χ4v) is 3.14. The molecule has 3 heteroatoms. The molecule has 1 unspecified atom stereocenters. The van der Waals surface area contributed by atoms with Gasteiger partial charge in [-0.2, -0.15) is 0 Å². The molecule has 0 saturated heterocycles. The fourth-order valence-electron chi connectivity index (χ4n) is 2.57. The van der Waals surface area contributed by atoms with Crippen LogP contribution in [0.3, 0.4) is 0 Å². The van der Waals surface area contributed by atoms with Gasteiger partial charge in [-0.25, -0.2) is 0 Å². The maximum absolute atomic E-state index is 6.26. The number of anilines is 1. The molecule has 0 amide bonds. The molecule has 0 aliphatic carbocycles. The van der Waals surface area contributed by atoms with Crippen LogP contribution in [-0.2, 0) is 6.42 Å². The van der Waals surface area contributed by atoms with Gasteiger partial charge in [0.2, 0.25) is 0 Å². The van der Waals surface area contributed by atoms with Gasteiger partial charge < -0.3 is 5.32 Å². The summed E-state index contributed by atoms with van der Waals surface area (Å²) in [4.78, 5) is 0. The van der Waals surface area contributed by atoms with Crippen LogP contribution in [-0.4, -0.2) is 0 Å². The molecule has 3 rings (SSSR count). The average Bonchev–Trinajstić information content (AvgIpc) is 2.76. The number of aryl methyl sites for hydroxylation is 2. The van der Waals surface area contributed by atoms with Crippen LogP contribution in [0.1, 0.15) is 28.3 Å². The van der Waals surface area contributed by atoms with Crippen LogP contribution in [0.25, 0.3) is 0 Å². The van der Waals surface area contributed by atoms with Gasteiger partial charge in [-0.05, 0) is 48.2 Å². The first-order chi connectivity index (χ1) is 9.04. The van der Waals surface area contributed by atoms with Crippen molar-refractivity contribution in [1.82, 2.24) is 0 Å². The molecular formula is C16H15Cl2N. The second kappa shape index (κ2) is 4.73. The second-order valence-electron chi connectivity index (χ2n) is 5.16. The third-order valence-electron chi connectivity index (χ3n) is 3.83. The molecule has 1 atom stereocenters. The van der Waals surface area contributed by atoms with Crippen molar-refractivity contribution in [2.45, 2.75) is 26.3 Å². The van der Waals surface area contributed by atoms with E-state index in [-0.39, 0.29) is 6.04 Å². The highest BCUT2D eigenvalue weighted by molar-refractivity contribution is 6.35. The summed E-state index contributed by atoms with van der Waals surface area (Å²) in [6.45, 7) is 4.28. The minimum absolute atomic E-state index is 0.283. The van der Waals surface area contributed by atoms with Crippen molar-refractivity contribution >= 4 is 28.9 Å². The summed E-state index contributed by atoms with van der Waals surface area (Å²) < 4.78 is 0. The number of nitrogens with one attached hydrogen (secondary N) is 1. The lowest BCUT2D eigenvalue weighted by Crippen LogP contribution is -2.06. The summed E-state index contributed by atoms with van der Waals surface area (Å²) in [5.41, 5.74) is 6.15. The third kappa shape index (κ3) is 2.33. The Bertz CT molecular complexity index is 649. The van der Waals surface area contributed by atoms with Crippen LogP contribution in [0, 0.1) is 13.8 Å². The van der Waals surface area contributed by atoms with E-state index in [0.717, 1.165) is 22.7 Å². The van der Waals surface area contributed by atoms with Crippen molar-refractivity contribution in [3.63, 3.8) is 0 Å². The predicted octanol–water partition coefficient (Wildman–Crippen LogP) is 5.32. The zero-order valence-electron chi connectivity index (χ0n) is 10.9. The minimum Gasteiger partial charge on any atom is -0.378 e. The molecule has 19 heavy (non-hydrogen) atoms. The molecule has 2 aromatic rings. The normalized spacial score (nSPS) is 17.2. The van der Waals surface area contributed by atoms with Gasteiger partial charge in [-0.15, -0.1) is 0 Å². The lowest BCUT2D eigenvalue weighted by molar-refractivity contribution is 0.822. The molecule has 0 radical (unpaired) electrons. The Hall–Kier alpha value is -1.18. The molecule has 0 saturated carbocycles. The van der Waals surface area contributed by atoms with Crippen molar-refractivity contribution in [3.05, 3.63) is 62.6 Å². The number of benzene rings is 2. The highest BCUT2D eigenvalue weighted by Gasteiger charge is 2.24. The lowest BCUT2D eigenvalue weighted by Gasteiger charge is -2.13. The van der Waals surface area contributed by atoms with E-state index >= 15 is 0 Å². The van der Waals surface area contributed by atoms with Gasteiger partial charge in [-0.3, -0.25) is 0 Å². The second-order valence-corrected chi connectivity index (χ2v) is 6.00. The molecule has 0 aromatic heterocycles. The molecule has 98 valence electrons. The van der Waals surface area contributed by atoms with Gasteiger partial charge in [0.25, 0.3) is 0 Å².